The molecule has 0 unspecified atom stereocenters. The molecular formula is C27H28N2. The third-order valence-corrected chi connectivity index (χ3v) is 5.68. The van der Waals surface area contributed by atoms with Crippen molar-refractivity contribution < 1.29 is 0 Å². The number of nitrogens with zero attached hydrogens (tertiary/aromatic N) is 2. The first kappa shape index (κ1) is 19.1. The lowest BCUT2D eigenvalue weighted by molar-refractivity contribution is 0.463. The Labute approximate surface area is 173 Å². The van der Waals surface area contributed by atoms with Gasteiger partial charge in [-0.1, -0.05) is 73.7 Å². The number of benzene rings is 2. The zero-order valence-corrected chi connectivity index (χ0v) is 17.5. The summed E-state index contributed by atoms with van der Waals surface area (Å²) in [5.41, 5.74) is 7.82. The molecule has 0 bridgehead atoms. The molecule has 2 nitrogen and oxygen atoms in total. The summed E-state index contributed by atoms with van der Waals surface area (Å²) >= 11 is 0. The smallest absolute Gasteiger partial charge is 0.0485 e. The molecule has 2 heteroatoms. The number of para-hydroxylation sites is 1. The van der Waals surface area contributed by atoms with Gasteiger partial charge in [-0.15, -0.1) is 0 Å². The fraction of sp³-hybridized carbons (Fsp3) is 0.185. The van der Waals surface area contributed by atoms with Gasteiger partial charge in [-0.3, -0.25) is 0 Å². The molecule has 0 spiro atoms. The minimum absolute atomic E-state index is 0.846. The summed E-state index contributed by atoms with van der Waals surface area (Å²) < 4.78 is 2.32. The zero-order chi connectivity index (χ0) is 20.2. The van der Waals surface area contributed by atoms with E-state index in [-0.39, 0.29) is 0 Å². The molecule has 3 aromatic rings. The van der Waals surface area contributed by atoms with Crippen LogP contribution < -0.4 is 0 Å². The highest BCUT2D eigenvalue weighted by Gasteiger charge is 2.13. The predicted octanol–water partition coefficient (Wildman–Crippen LogP) is 6.70. The molecule has 2 heterocycles. The number of hydrogen-bond donors (Lipinski definition) is 0. The van der Waals surface area contributed by atoms with Crippen LogP contribution in [0.4, 0.5) is 0 Å². The highest BCUT2D eigenvalue weighted by molar-refractivity contribution is 5.88. The van der Waals surface area contributed by atoms with Gasteiger partial charge in [-0.25, -0.2) is 0 Å². The van der Waals surface area contributed by atoms with Crippen LogP contribution in [0.15, 0.2) is 84.7 Å². The van der Waals surface area contributed by atoms with Crippen molar-refractivity contribution in [3.05, 3.63) is 107 Å². The Balaban J connectivity index is 1.78. The van der Waals surface area contributed by atoms with Gasteiger partial charge in [0.1, 0.15) is 0 Å². The molecule has 1 aliphatic heterocycles. The second-order valence-electron chi connectivity index (χ2n) is 7.49. The van der Waals surface area contributed by atoms with Crippen molar-refractivity contribution in [3.8, 4) is 0 Å². The lowest BCUT2D eigenvalue weighted by Gasteiger charge is -2.23. The summed E-state index contributed by atoms with van der Waals surface area (Å²) in [6.45, 7) is 5.29. The largest absolute Gasteiger partial charge is 0.347 e. The van der Waals surface area contributed by atoms with Gasteiger partial charge in [0.15, 0.2) is 0 Å². The Morgan fingerprint density at radius 3 is 2.59 bits per heavy atom. The molecule has 146 valence electrons. The van der Waals surface area contributed by atoms with E-state index in [0.717, 1.165) is 13.0 Å². The van der Waals surface area contributed by atoms with Crippen LogP contribution in [0.3, 0.4) is 0 Å². The lowest BCUT2D eigenvalue weighted by atomic mass is 10.1. The fourth-order valence-electron chi connectivity index (χ4n) is 4.09. The molecule has 0 atom stereocenters. The third-order valence-electron chi connectivity index (χ3n) is 5.68. The van der Waals surface area contributed by atoms with Crippen molar-refractivity contribution >= 4 is 23.1 Å². The Bertz CT molecular complexity index is 1140. The number of rotatable bonds is 3. The Morgan fingerprint density at radius 2 is 1.72 bits per heavy atom. The molecule has 2 aromatic carbocycles. The molecule has 0 radical (unpaired) electrons. The van der Waals surface area contributed by atoms with Gasteiger partial charge in [0.05, 0.1) is 0 Å². The highest BCUT2D eigenvalue weighted by atomic mass is 15.1. The summed E-state index contributed by atoms with van der Waals surface area (Å²) in [6, 6.07) is 17.3. The zero-order valence-electron chi connectivity index (χ0n) is 17.5. The minimum atomic E-state index is 0.846. The molecule has 0 fully saturated rings. The van der Waals surface area contributed by atoms with Crippen molar-refractivity contribution in [2.24, 2.45) is 7.05 Å². The molecule has 1 aliphatic rings. The van der Waals surface area contributed by atoms with E-state index in [4.69, 9.17) is 0 Å². The Morgan fingerprint density at radius 1 is 0.966 bits per heavy atom. The molecule has 4 rings (SSSR count). The summed E-state index contributed by atoms with van der Waals surface area (Å²) in [5, 5.41) is 1.35. The van der Waals surface area contributed by atoms with E-state index < -0.39 is 0 Å². The van der Waals surface area contributed by atoms with E-state index >= 15 is 0 Å². The van der Waals surface area contributed by atoms with Crippen LogP contribution in [-0.2, 0) is 20.0 Å². The van der Waals surface area contributed by atoms with Gasteiger partial charge in [0, 0.05) is 42.1 Å². The van der Waals surface area contributed by atoms with Crippen LogP contribution in [0.2, 0.25) is 0 Å². The van der Waals surface area contributed by atoms with Crippen molar-refractivity contribution in [1.29, 1.82) is 0 Å². The van der Waals surface area contributed by atoms with E-state index in [1.807, 2.05) is 0 Å². The SMILES string of the molecule is CCc1c(/C=C(\C)N2/C=C/C=C\C=C\c3ccccc3C2)n(C)c2ccccc12. The molecule has 0 saturated heterocycles. The van der Waals surface area contributed by atoms with E-state index in [0.29, 0.717) is 0 Å². The summed E-state index contributed by atoms with van der Waals surface area (Å²) in [7, 11) is 2.17. The Hall–Kier alpha value is -3.26. The van der Waals surface area contributed by atoms with Gasteiger partial charge in [-0.05, 0) is 48.3 Å². The number of allylic oxidation sites excluding steroid dienone is 5. The standard InChI is InChI=1S/C27H28N2/c1-4-24-25-16-10-11-17-26(25)28(3)27(24)19-21(2)29-18-12-6-5-7-13-22-14-8-9-15-23(22)20-29/h5-19H,4,20H2,1-3H3/b6-5-,13-7+,18-12+,21-19+. The van der Waals surface area contributed by atoms with Crippen LogP contribution in [0.1, 0.15) is 36.2 Å². The second kappa shape index (κ2) is 8.40. The first-order valence-corrected chi connectivity index (χ1v) is 10.3. The van der Waals surface area contributed by atoms with Gasteiger partial charge in [0.2, 0.25) is 0 Å². The lowest BCUT2D eigenvalue weighted by Crippen LogP contribution is -2.15. The summed E-state index contributed by atoms with van der Waals surface area (Å²) in [6.07, 6.45) is 16.1. The van der Waals surface area contributed by atoms with Crippen LogP contribution in [-0.4, -0.2) is 9.47 Å². The predicted molar refractivity (Wildman–Crippen MR) is 125 cm³/mol. The average Bonchev–Trinajstić information content (AvgIpc) is 3.02. The average molecular weight is 381 g/mol. The van der Waals surface area contributed by atoms with Gasteiger partial charge in [-0.2, -0.15) is 0 Å². The van der Waals surface area contributed by atoms with Crippen LogP contribution in [0, 0.1) is 0 Å². The van der Waals surface area contributed by atoms with Gasteiger partial charge < -0.3 is 9.47 Å². The number of aromatic nitrogens is 1. The molecule has 29 heavy (non-hydrogen) atoms. The first-order valence-electron chi connectivity index (χ1n) is 10.3. The van der Waals surface area contributed by atoms with Crippen molar-refractivity contribution in [2.75, 3.05) is 0 Å². The van der Waals surface area contributed by atoms with Crippen LogP contribution in [0.5, 0.6) is 0 Å². The van der Waals surface area contributed by atoms with E-state index in [1.165, 1.54) is 39.0 Å². The van der Waals surface area contributed by atoms with Crippen molar-refractivity contribution in [2.45, 2.75) is 26.8 Å². The summed E-state index contributed by atoms with van der Waals surface area (Å²) in [4.78, 5) is 2.33. The van der Waals surface area contributed by atoms with Crippen LogP contribution in [0.25, 0.3) is 23.1 Å². The van der Waals surface area contributed by atoms with E-state index in [1.54, 1.807) is 0 Å². The van der Waals surface area contributed by atoms with Crippen LogP contribution >= 0.6 is 0 Å². The normalized spacial score (nSPS) is 17.8. The van der Waals surface area contributed by atoms with Gasteiger partial charge in [0.25, 0.3) is 0 Å². The minimum Gasteiger partial charge on any atom is -0.347 e. The molecule has 0 N–H and O–H groups in total. The number of hydrogen-bond acceptors (Lipinski definition) is 1. The molecular weight excluding hydrogens is 352 g/mol. The van der Waals surface area contributed by atoms with E-state index in [2.05, 4.69) is 122 Å². The topological polar surface area (TPSA) is 8.17 Å². The number of aryl methyl sites for hydroxylation is 2. The molecule has 1 aromatic heterocycles. The maximum Gasteiger partial charge on any atom is 0.0485 e. The third kappa shape index (κ3) is 3.84. The highest BCUT2D eigenvalue weighted by Crippen LogP contribution is 2.28. The van der Waals surface area contributed by atoms with Crippen molar-refractivity contribution in [3.63, 3.8) is 0 Å². The maximum atomic E-state index is 2.33. The quantitative estimate of drug-likeness (QED) is 0.491. The molecule has 0 aliphatic carbocycles. The first-order chi connectivity index (χ1) is 14.2. The summed E-state index contributed by atoms with van der Waals surface area (Å²) in [5.74, 6) is 0. The van der Waals surface area contributed by atoms with E-state index in [9.17, 15) is 0 Å². The monoisotopic (exact) mass is 380 g/mol. The molecule has 0 saturated carbocycles. The number of fused-ring (bicyclic) bond motifs is 2. The van der Waals surface area contributed by atoms with Gasteiger partial charge >= 0.3 is 0 Å². The second-order valence-corrected chi connectivity index (χ2v) is 7.49. The molecule has 0 amide bonds. The Kier molecular flexibility index (Phi) is 5.53. The fourth-order valence-corrected chi connectivity index (χ4v) is 4.09. The van der Waals surface area contributed by atoms with Crippen molar-refractivity contribution in [1.82, 2.24) is 9.47 Å². The maximum absolute atomic E-state index is 2.33.